The number of nitrogens with one attached hydrogen (secondary N) is 1. The van der Waals surface area contributed by atoms with Crippen molar-refractivity contribution in [1.29, 1.82) is 0 Å². The molecule has 128 valence electrons. The van der Waals surface area contributed by atoms with Crippen LogP contribution in [0.4, 0.5) is 0 Å². The van der Waals surface area contributed by atoms with E-state index in [0.29, 0.717) is 24.7 Å². The number of carbonyl (C=O) groups is 1. The number of aryl methyl sites for hydroxylation is 1. The maximum Gasteiger partial charge on any atom is 0.242 e. The highest BCUT2D eigenvalue weighted by Crippen LogP contribution is 2.22. The third kappa shape index (κ3) is 3.94. The number of aromatic nitrogens is 3. The standard InChI is InChI=1S/C17H22ClN5O/c1-22-10-13-6-4-3-5-12(13)9-14(22)11-23(2)16(24)8-7-15-19-17(18)21-20-15/h3-6,14H,7-11H2,1-2H3,(H,19,20,21). The van der Waals surface area contributed by atoms with Crippen LogP contribution >= 0.6 is 11.6 Å². The Bertz CT molecular complexity index is 717. The zero-order valence-electron chi connectivity index (χ0n) is 14.0. The van der Waals surface area contributed by atoms with Crippen LogP contribution < -0.4 is 0 Å². The summed E-state index contributed by atoms with van der Waals surface area (Å²) in [7, 11) is 3.99. The fourth-order valence-electron chi connectivity index (χ4n) is 3.14. The zero-order chi connectivity index (χ0) is 17.1. The first-order chi connectivity index (χ1) is 11.5. The highest BCUT2D eigenvalue weighted by atomic mass is 35.5. The summed E-state index contributed by atoms with van der Waals surface area (Å²) in [6.45, 7) is 1.65. The van der Waals surface area contributed by atoms with Crippen LogP contribution in [-0.4, -0.2) is 57.6 Å². The van der Waals surface area contributed by atoms with E-state index in [2.05, 4.69) is 51.4 Å². The lowest BCUT2D eigenvalue weighted by Gasteiger charge is -2.36. The number of halogens is 1. The molecule has 0 saturated heterocycles. The van der Waals surface area contributed by atoms with E-state index in [1.54, 1.807) is 0 Å². The Kier molecular flexibility index (Phi) is 5.16. The number of hydrogen-bond donors (Lipinski definition) is 1. The number of likely N-dealkylation sites (N-methyl/N-ethyl adjacent to an activating group) is 2. The van der Waals surface area contributed by atoms with Crippen molar-refractivity contribution in [1.82, 2.24) is 25.0 Å². The average Bonchev–Trinajstić information content (AvgIpc) is 2.98. The lowest BCUT2D eigenvalue weighted by Crippen LogP contribution is -2.46. The predicted octanol–water partition coefficient (Wildman–Crippen LogP) is 1.91. The molecule has 24 heavy (non-hydrogen) atoms. The predicted molar refractivity (Wildman–Crippen MR) is 92.8 cm³/mol. The van der Waals surface area contributed by atoms with Crippen LogP contribution in [0.1, 0.15) is 23.4 Å². The van der Waals surface area contributed by atoms with E-state index < -0.39 is 0 Å². The van der Waals surface area contributed by atoms with Crippen molar-refractivity contribution in [2.45, 2.75) is 31.8 Å². The first-order valence-electron chi connectivity index (χ1n) is 8.10. The monoisotopic (exact) mass is 347 g/mol. The second-order valence-electron chi connectivity index (χ2n) is 6.37. The van der Waals surface area contributed by atoms with Crippen LogP contribution in [-0.2, 0) is 24.2 Å². The molecule has 1 aromatic carbocycles. The summed E-state index contributed by atoms with van der Waals surface area (Å²) in [4.78, 5) is 20.5. The van der Waals surface area contributed by atoms with Crippen molar-refractivity contribution in [2.75, 3.05) is 20.6 Å². The van der Waals surface area contributed by atoms with Crippen LogP contribution in [0.25, 0.3) is 0 Å². The van der Waals surface area contributed by atoms with Crippen LogP contribution in [0.15, 0.2) is 24.3 Å². The first kappa shape index (κ1) is 16.9. The van der Waals surface area contributed by atoms with Gasteiger partial charge in [-0.2, -0.15) is 0 Å². The van der Waals surface area contributed by atoms with Gasteiger partial charge in [0.25, 0.3) is 0 Å². The maximum absolute atomic E-state index is 12.4. The molecular formula is C17H22ClN5O. The van der Waals surface area contributed by atoms with Crippen LogP contribution in [0.5, 0.6) is 0 Å². The molecule has 0 bridgehead atoms. The van der Waals surface area contributed by atoms with Gasteiger partial charge in [-0.05, 0) is 36.2 Å². The Balaban J connectivity index is 1.54. The number of amides is 1. The Morgan fingerprint density at radius 2 is 2.17 bits per heavy atom. The molecule has 1 aliphatic heterocycles. The molecule has 6 nitrogen and oxygen atoms in total. The maximum atomic E-state index is 12.4. The van der Waals surface area contributed by atoms with E-state index in [9.17, 15) is 4.79 Å². The lowest BCUT2D eigenvalue weighted by atomic mass is 9.94. The molecule has 3 rings (SSSR count). The minimum Gasteiger partial charge on any atom is -0.344 e. The van der Waals surface area contributed by atoms with E-state index in [1.165, 1.54) is 11.1 Å². The fraction of sp³-hybridized carbons (Fsp3) is 0.471. The molecule has 1 unspecified atom stereocenters. The summed E-state index contributed by atoms with van der Waals surface area (Å²) < 4.78 is 0. The molecule has 0 saturated carbocycles. The minimum absolute atomic E-state index is 0.106. The molecule has 1 amide bonds. The van der Waals surface area contributed by atoms with Crippen molar-refractivity contribution in [3.8, 4) is 0 Å². The van der Waals surface area contributed by atoms with Crippen LogP contribution in [0, 0.1) is 0 Å². The normalized spacial score (nSPS) is 17.5. The van der Waals surface area contributed by atoms with E-state index in [-0.39, 0.29) is 11.2 Å². The van der Waals surface area contributed by atoms with Crippen molar-refractivity contribution >= 4 is 17.5 Å². The van der Waals surface area contributed by atoms with Gasteiger partial charge in [-0.15, -0.1) is 5.10 Å². The van der Waals surface area contributed by atoms with Crippen LogP contribution in [0.3, 0.4) is 0 Å². The quantitative estimate of drug-likeness (QED) is 0.897. The van der Waals surface area contributed by atoms with Gasteiger partial charge in [0.2, 0.25) is 11.2 Å². The van der Waals surface area contributed by atoms with Gasteiger partial charge < -0.3 is 4.90 Å². The number of aromatic amines is 1. The molecule has 0 spiro atoms. The fourth-order valence-corrected chi connectivity index (χ4v) is 3.28. The molecule has 1 atom stereocenters. The van der Waals surface area contributed by atoms with Crippen molar-refractivity contribution < 1.29 is 4.79 Å². The molecule has 1 aliphatic rings. The van der Waals surface area contributed by atoms with Gasteiger partial charge >= 0.3 is 0 Å². The number of rotatable bonds is 5. The number of fused-ring (bicyclic) bond motifs is 1. The zero-order valence-corrected chi connectivity index (χ0v) is 14.8. The van der Waals surface area contributed by atoms with Gasteiger partial charge in [-0.3, -0.25) is 14.8 Å². The summed E-state index contributed by atoms with van der Waals surface area (Å²) in [5.74, 6) is 0.750. The summed E-state index contributed by atoms with van der Waals surface area (Å²) in [5, 5.41) is 6.68. The number of H-pyrrole nitrogens is 1. The second-order valence-corrected chi connectivity index (χ2v) is 6.71. The summed E-state index contributed by atoms with van der Waals surface area (Å²) >= 11 is 5.67. The lowest BCUT2D eigenvalue weighted by molar-refractivity contribution is -0.130. The van der Waals surface area contributed by atoms with Gasteiger partial charge in [0.05, 0.1) is 0 Å². The Morgan fingerprint density at radius 3 is 2.88 bits per heavy atom. The van der Waals surface area contributed by atoms with Crippen molar-refractivity contribution in [3.05, 3.63) is 46.5 Å². The topological polar surface area (TPSA) is 65.1 Å². The highest BCUT2D eigenvalue weighted by molar-refractivity contribution is 6.28. The van der Waals surface area contributed by atoms with Gasteiger partial charge in [-0.25, -0.2) is 4.98 Å². The molecule has 7 heteroatoms. The van der Waals surface area contributed by atoms with E-state index in [4.69, 9.17) is 11.6 Å². The molecule has 2 aromatic rings. The molecule has 1 N–H and O–H groups in total. The highest BCUT2D eigenvalue weighted by Gasteiger charge is 2.25. The minimum atomic E-state index is 0.106. The molecule has 2 heterocycles. The van der Waals surface area contributed by atoms with E-state index in [0.717, 1.165) is 19.5 Å². The Morgan fingerprint density at radius 1 is 1.42 bits per heavy atom. The van der Waals surface area contributed by atoms with Gasteiger partial charge in [-0.1, -0.05) is 24.3 Å². The smallest absolute Gasteiger partial charge is 0.242 e. The largest absolute Gasteiger partial charge is 0.344 e. The Hall–Kier alpha value is -1.92. The summed E-state index contributed by atoms with van der Waals surface area (Å²) in [5.41, 5.74) is 2.77. The SMILES string of the molecule is CN(CC1Cc2ccccc2CN1C)C(=O)CCc1nc(Cl)n[nH]1. The van der Waals surface area contributed by atoms with E-state index in [1.807, 2.05) is 11.9 Å². The molecule has 0 aliphatic carbocycles. The third-order valence-electron chi connectivity index (χ3n) is 4.61. The third-order valence-corrected chi connectivity index (χ3v) is 4.78. The first-order valence-corrected chi connectivity index (χ1v) is 8.48. The molecule has 0 fully saturated rings. The summed E-state index contributed by atoms with van der Waals surface area (Å²) in [6.07, 6.45) is 1.89. The van der Waals surface area contributed by atoms with Crippen molar-refractivity contribution in [3.63, 3.8) is 0 Å². The Labute approximate surface area is 146 Å². The number of benzene rings is 1. The number of hydrogen-bond acceptors (Lipinski definition) is 4. The second kappa shape index (κ2) is 7.32. The van der Waals surface area contributed by atoms with Crippen molar-refractivity contribution in [2.24, 2.45) is 0 Å². The molecular weight excluding hydrogens is 326 g/mol. The van der Waals surface area contributed by atoms with Gasteiger partial charge in [0.1, 0.15) is 5.82 Å². The molecule has 0 radical (unpaired) electrons. The molecule has 1 aromatic heterocycles. The summed E-state index contributed by atoms with van der Waals surface area (Å²) in [6, 6.07) is 8.87. The van der Waals surface area contributed by atoms with Gasteiger partial charge in [0, 0.05) is 39.0 Å². The number of carbonyl (C=O) groups excluding carboxylic acids is 1. The number of nitrogens with zero attached hydrogens (tertiary/aromatic N) is 4. The average molecular weight is 348 g/mol. The van der Waals surface area contributed by atoms with E-state index >= 15 is 0 Å². The van der Waals surface area contributed by atoms with Crippen LogP contribution in [0.2, 0.25) is 5.28 Å². The van der Waals surface area contributed by atoms with Gasteiger partial charge in [0.15, 0.2) is 0 Å².